The number of methoxy groups -OCH3 is 1. The van der Waals surface area contributed by atoms with E-state index in [1.54, 1.807) is 24.0 Å². The van der Waals surface area contributed by atoms with Crippen LogP contribution in [0.1, 0.15) is 28.8 Å². The zero-order valence-electron chi connectivity index (χ0n) is 14.2. The first kappa shape index (κ1) is 17.1. The molecule has 1 aromatic heterocycles. The zero-order chi connectivity index (χ0) is 17.8. The molecule has 2 aromatic rings. The molecule has 25 heavy (non-hydrogen) atoms. The molecule has 1 unspecified atom stereocenters. The fraction of sp³-hybridized carbons (Fsp3) is 0.389. The minimum absolute atomic E-state index is 0.186. The fourth-order valence-electron chi connectivity index (χ4n) is 2.78. The minimum Gasteiger partial charge on any atom is -0.480 e. The van der Waals surface area contributed by atoms with Crippen molar-refractivity contribution in [3.8, 4) is 11.8 Å². The zero-order valence-corrected chi connectivity index (χ0v) is 14.2. The normalized spacial score (nSPS) is 17.2. The monoisotopic (exact) mass is 345 g/mol. The molecular weight excluding hydrogens is 325 g/mol. The second-order valence-electron chi connectivity index (χ2n) is 6.00. The molecule has 0 aliphatic carbocycles. The summed E-state index contributed by atoms with van der Waals surface area (Å²) in [5.74, 6) is 0.169. The second kappa shape index (κ2) is 7.46. The van der Waals surface area contributed by atoms with Crippen LogP contribution < -0.4 is 9.47 Å². The Morgan fingerprint density at radius 3 is 2.88 bits per heavy atom. The highest BCUT2D eigenvalue weighted by Gasteiger charge is 2.26. The van der Waals surface area contributed by atoms with E-state index >= 15 is 0 Å². The lowest BCUT2D eigenvalue weighted by Gasteiger charge is -2.32. The van der Waals surface area contributed by atoms with Gasteiger partial charge in [0.15, 0.2) is 0 Å². The van der Waals surface area contributed by atoms with Crippen LogP contribution in [-0.2, 0) is 0 Å². The number of nitrogens with zero attached hydrogens (tertiary/aromatic N) is 3. The van der Waals surface area contributed by atoms with Crippen LogP contribution >= 0.6 is 0 Å². The van der Waals surface area contributed by atoms with Gasteiger partial charge in [0.05, 0.1) is 26.0 Å². The molecular formula is C18H20FN3O3. The van der Waals surface area contributed by atoms with Gasteiger partial charge in [-0.1, -0.05) is 6.07 Å². The van der Waals surface area contributed by atoms with E-state index in [0.29, 0.717) is 36.0 Å². The van der Waals surface area contributed by atoms with E-state index in [1.165, 1.54) is 25.6 Å². The van der Waals surface area contributed by atoms with Gasteiger partial charge in [-0.3, -0.25) is 9.78 Å². The summed E-state index contributed by atoms with van der Waals surface area (Å²) < 4.78 is 24.6. The van der Waals surface area contributed by atoms with Crippen molar-refractivity contribution < 1.29 is 18.7 Å². The molecule has 2 heterocycles. The molecule has 3 rings (SSSR count). The number of carbonyl (C=O) groups is 1. The summed E-state index contributed by atoms with van der Waals surface area (Å²) in [5, 5.41) is 0. The Morgan fingerprint density at radius 1 is 1.32 bits per heavy atom. The van der Waals surface area contributed by atoms with Gasteiger partial charge in [-0.2, -0.15) is 4.98 Å². The number of likely N-dealkylation sites (tertiary alicyclic amines) is 1. The number of hydrogen-bond acceptors (Lipinski definition) is 5. The Kier molecular flexibility index (Phi) is 5.11. The summed E-state index contributed by atoms with van der Waals surface area (Å²) in [7, 11) is 1.51. The van der Waals surface area contributed by atoms with Gasteiger partial charge in [0.2, 0.25) is 11.8 Å². The summed E-state index contributed by atoms with van der Waals surface area (Å²) in [6.07, 6.45) is 4.44. The van der Waals surface area contributed by atoms with Gasteiger partial charge in [-0.15, -0.1) is 0 Å². The first-order valence-electron chi connectivity index (χ1n) is 8.15. The maximum atomic E-state index is 13.7. The third-order valence-corrected chi connectivity index (χ3v) is 4.17. The van der Waals surface area contributed by atoms with Crippen LogP contribution in [0.3, 0.4) is 0 Å². The summed E-state index contributed by atoms with van der Waals surface area (Å²) in [6, 6.07) is 4.56. The lowest BCUT2D eigenvalue weighted by atomic mass is 10.1. The van der Waals surface area contributed by atoms with E-state index in [9.17, 15) is 9.18 Å². The third-order valence-electron chi connectivity index (χ3n) is 4.17. The minimum atomic E-state index is -0.373. The van der Waals surface area contributed by atoms with Gasteiger partial charge < -0.3 is 14.4 Å². The molecule has 1 amide bonds. The standard InChI is InChI=1S/C18H20FN3O3/c1-12-5-6-13(8-15(12)19)18(23)22-7-3-4-14(11-22)25-17-10-20-9-16(21-17)24-2/h5-6,8-10,14H,3-4,7,11H2,1-2H3. The van der Waals surface area contributed by atoms with E-state index in [0.717, 1.165) is 12.8 Å². The Labute approximate surface area is 145 Å². The van der Waals surface area contributed by atoms with Crippen molar-refractivity contribution in [3.63, 3.8) is 0 Å². The molecule has 1 fully saturated rings. The Morgan fingerprint density at radius 2 is 2.12 bits per heavy atom. The molecule has 1 aliphatic rings. The van der Waals surface area contributed by atoms with E-state index in [-0.39, 0.29) is 17.8 Å². The first-order valence-corrected chi connectivity index (χ1v) is 8.15. The molecule has 0 saturated carbocycles. The number of rotatable bonds is 4. The van der Waals surface area contributed by atoms with Gasteiger partial charge in [0.25, 0.3) is 5.91 Å². The molecule has 6 nitrogen and oxygen atoms in total. The maximum Gasteiger partial charge on any atom is 0.254 e. The molecule has 0 N–H and O–H groups in total. The second-order valence-corrected chi connectivity index (χ2v) is 6.00. The van der Waals surface area contributed by atoms with Crippen molar-refractivity contribution in [1.29, 1.82) is 0 Å². The summed E-state index contributed by atoms with van der Waals surface area (Å²) in [6.45, 7) is 2.72. The number of amides is 1. The number of aryl methyl sites for hydroxylation is 1. The largest absolute Gasteiger partial charge is 0.480 e. The highest BCUT2D eigenvalue weighted by atomic mass is 19.1. The fourth-order valence-corrected chi connectivity index (χ4v) is 2.78. The quantitative estimate of drug-likeness (QED) is 0.852. The maximum absolute atomic E-state index is 13.7. The molecule has 1 atom stereocenters. The number of ether oxygens (including phenoxy) is 2. The molecule has 1 aromatic carbocycles. The topological polar surface area (TPSA) is 64.6 Å². The molecule has 1 aliphatic heterocycles. The Balaban J connectivity index is 1.67. The van der Waals surface area contributed by atoms with Crippen molar-refractivity contribution in [1.82, 2.24) is 14.9 Å². The average molecular weight is 345 g/mol. The number of aromatic nitrogens is 2. The van der Waals surface area contributed by atoms with Gasteiger partial charge in [0.1, 0.15) is 11.9 Å². The van der Waals surface area contributed by atoms with E-state index in [4.69, 9.17) is 9.47 Å². The summed E-state index contributed by atoms with van der Waals surface area (Å²) in [5.41, 5.74) is 0.873. The predicted octanol–water partition coefficient (Wildman–Crippen LogP) is 2.62. The highest BCUT2D eigenvalue weighted by molar-refractivity contribution is 5.94. The number of benzene rings is 1. The van der Waals surface area contributed by atoms with Crippen LogP contribution in [0.25, 0.3) is 0 Å². The molecule has 0 bridgehead atoms. The van der Waals surface area contributed by atoms with Crippen LogP contribution in [0.15, 0.2) is 30.6 Å². The van der Waals surface area contributed by atoms with Crippen LogP contribution in [0.5, 0.6) is 11.8 Å². The van der Waals surface area contributed by atoms with Crippen molar-refractivity contribution in [2.75, 3.05) is 20.2 Å². The van der Waals surface area contributed by atoms with E-state index in [2.05, 4.69) is 9.97 Å². The predicted molar refractivity (Wildman–Crippen MR) is 89.3 cm³/mol. The van der Waals surface area contributed by atoms with Crippen molar-refractivity contribution in [2.45, 2.75) is 25.9 Å². The van der Waals surface area contributed by atoms with E-state index < -0.39 is 0 Å². The number of piperidine rings is 1. The Bertz CT molecular complexity index is 769. The number of halogens is 1. The van der Waals surface area contributed by atoms with Crippen molar-refractivity contribution in [3.05, 3.63) is 47.5 Å². The lowest BCUT2D eigenvalue weighted by molar-refractivity contribution is 0.0525. The first-order chi connectivity index (χ1) is 12.1. The van der Waals surface area contributed by atoms with Crippen molar-refractivity contribution in [2.24, 2.45) is 0 Å². The number of hydrogen-bond donors (Lipinski definition) is 0. The van der Waals surface area contributed by atoms with Gasteiger partial charge in [0, 0.05) is 12.1 Å². The SMILES string of the molecule is COc1cncc(OC2CCCN(C(=O)c3ccc(C)c(F)c3)C2)n1. The molecule has 132 valence electrons. The van der Waals surface area contributed by atoms with Crippen LogP contribution in [0, 0.1) is 12.7 Å². The summed E-state index contributed by atoms with van der Waals surface area (Å²) >= 11 is 0. The van der Waals surface area contributed by atoms with Crippen LogP contribution in [-0.4, -0.2) is 47.1 Å². The van der Waals surface area contributed by atoms with Gasteiger partial charge in [-0.25, -0.2) is 4.39 Å². The molecule has 0 spiro atoms. The van der Waals surface area contributed by atoms with Crippen molar-refractivity contribution >= 4 is 5.91 Å². The smallest absolute Gasteiger partial charge is 0.254 e. The number of carbonyl (C=O) groups excluding carboxylic acids is 1. The molecule has 7 heteroatoms. The lowest BCUT2D eigenvalue weighted by Crippen LogP contribution is -2.44. The Hall–Kier alpha value is -2.70. The van der Waals surface area contributed by atoms with Gasteiger partial charge in [-0.05, 0) is 37.5 Å². The molecule has 0 radical (unpaired) electrons. The van der Waals surface area contributed by atoms with E-state index in [1.807, 2.05) is 0 Å². The average Bonchev–Trinajstić information content (AvgIpc) is 2.64. The van der Waals surface area contributed by atoms with Gasteiger partial charge >= 0.3 is 0 Å². The van der Waals surface area contributed by atoms with Crippen LogP contribution in [0.2, 0.25) is 0 Å². The van der Waals surface area contributed by atoms with Crippen LogP contribution in [0.4, 0.5) is 4.39 Å². The third kappa shape index (κ3) is 4.04. The molecule has 1 saturated heterocycles. The highest BCUT2D eigenvalue weighted by Crippen LogP contribution is 2.20. The summed E-state index contributed by atoms with van der Waals surface area (Å²) in [4.78, 5) is 22.5.